The minimum absolute atomic E-state index is 0.778. The molecule has 0 aromatic carbocycles. The molecule has 0 spiro atoms. The Morgan fingerprint density at radius 2 is 1.29 bits per heavy atom. The Hall–Kier alpha value is -1.41. The predicted octanol–water partition coefficient (Wildman–Crippen LogP) is 3.69. The van der Waals surface area contributed by atoms with Gasteiger partial charge < -0.3 is 4.13 Å². The molecule has 14 heteroatoms. The average molecular weight is 458 g/mol. The van der Waals surface area contributed by atoms with Crippen molar-refractivity contribution in [3.8, 4) is 0 Å². The molecule has 1 aromatic heterocycles. The van der Waals surface area contributed by atoms with E-state index in [9.17, 15) is 43.2 Å². The third-order valence-electron chi connectivity index (χ3n) is 3.15. The lowest BCUT2D eigenvalue weighted by Crippen LogP contribution is -2.30. The van der Waals surface area contributed by atoms with E-state index in [4.69, 9.17) is 0 Å². The number of halogens is 6. The van der Waals surface area contributed by atoms with E-state index in [1.165, 1.54) is 37.7 Å². The van der Waals surface area contributed by atoms with Crippen molar-refractivity contribution in [2.75, 3.05) is 0 Å². The second kappa shape index (κ2) is 10.4. The number of alkyl halides is 6. The molecular weight excluding hydrogens is 438 g/mol. The lowest BCUT2D eigenvalue weighted by atomic mass is 10.1. The van der Waals surface area contributed by atoms with Crippen LogP contribution in [0.1, 0.15) is 38.2 Å². The van der Waals surface area contributed by atoms with Crippen LogP contribution in [0, 0.1) is 0 Å². The first kappa shape index (κ1) is 26.6. The van der Waals surface area contributed by atoms with Gasteiger partial charge in [-0.25, -0.2) is 21.4 Å². The Labute approximate surface area is 159 Å². The number of hydrogen-bond acceptors (Lipinski definition) is 4. The van der Waals surface area contributed by atoms with Crippen molar-refractivity contribution >= 4 is 20.0 Å². The lowest BCUT2D eigenvalue weighted by Gasteiger charge is -2.22. The van der Waals surface area contributed by atoms with Crippen LogP contribution in [-0.4, -0.2) is 27.9 Å². The van der Waals surface area contributed by atoms with Gasteiger partial charge >= 0.3 is 11.0 Å². The number of pyridine rings is 1. The first-order valence-corrected chi connectivity index (χ1v) is 10.7. The van der Waals surface area contributed by atoms with E-state index >= 15 is 0 Å². The van der Waals surface area contributed by atoms with Gasteiger partial charge in [-0.3, -0.25) is 0 Å². The Morgan fingerprint density at radius 1 is 0.857 bits per heavy atom. The summed E-state index contributed by atoms with van der Waals surface area (Å²) in [6, 6.07) is 4.43. The summed E-state index contributed by atoms with van der Waals surface area (Å²) in [7, 11) is -11.4. The largest absolute Gasteiger partial charge is 0.480 e. The summed E-state index contributed by atoms with van der Waals surface area (Å²) >= 11 is 0. The fraction of sp³-hybridized carbons (Fsp3) is 0.643. The van der Waals surface area contributed by atoms with E-state index in [1.807, 2.05) is 0 Å². The van der Waals surface area contributed by atoms with Crippen LogP contribution >= 0.6 is 0 Å². The molecular formula is C14H20F6N2O4S2. The van der Waals surface area contributed by atoms with Gasteiger partial charge in [0.15, 0.2) is 32.4 Å². The molecule has 0 amide bonds. The molecule has 0 saturated carbocycles. The van der Waals surface area contributed by atoms with Gasteiger partial charge in [0.25, 0.3) is 0 Å². The SMILES string of the molecule is CCCCCCc1cc[n+](C)cc1.O=S(=O)([N-]S(=O)(=O)C(F)(F)F)C(F)(F)F. The highest BCUT2D eigenvalue weighted by Gasteiger charge is 2.46. The molecule has 28 heavy (non-hydrogen) atoms. The number of aromatic nitrogens is 1. The Kier molecular flexibility index (Phi) is 9.87. The fourth-order valence-electron chi connectivity index (χ4n) is 1.67. The molecule has 1 rings (SSSR count). The maximum Gasteiger partial charge on any atom is 0.480 e. The van der Waals surface area contributed by atoms with Gasteiger partial charge in [-0.15, -0.1) is 0 Å². The van der Waals surface area contributed by atoms with Crippen LogP contribution in [0.5, 0.6) is 0 Å². The molecule has 0 bridgehead atoms. The van der Waals surface area contributed by atoms with Crippen LogP contribution in [-0.2, 0) is 33.5 Å². The van der Waals surface area contributed by atoms with Crippen molar-refractivity contribution in [1.82, 2.24) is 0 Å². The summed E-state index contributed by atoms with van der Waals surface area (Å²) in [6.07, 6.45) is 10.9. The summed E-state index contributed by atoms with van der Waals surface area (Å²) in [5.41, 5.74) is -10.9. The Bertz CT molecular complexity index is 762. The number of rotatable bonds is 7. The van der Waals surface area contributed by atoms with Gasteiger partial charge in [0, 0.05) is 12.1 Å². The molecule has 0 aliphatic rings. The van der Waals surface area contributed by atoms with Crippen LogP contribution in [0.3, 0.4) is 0 Å². The molecule has 1 heterocycles. The molecule has 1 aromatic rings. The predicted molar refractivity (Wildman–Crippen MR) is 88.8 cm³/mol. The van der Waals surface area contributed by atoms with Gasteiger partial charge in [0.2, 0.25) is 0 Å². The lowest BCUT2D eigenvalue weighted by molar-refractivity contribution is -0.671. The van der Waals surface area contributed by atoms with Gasteiger partial charge in [0.05, 0.1) is 0 Å². The minimum Gasteiger partial charge on any atom is -0.421 e. The molecule has 0 fully saturated rings. The first-order chi connectivity index (χ1) is 12.5. The summed E-state index contributed by atoms with van der Waals surface area (Å²) < 4.78 is 111. The molecule has 0 N–H and O–H groups in total. The summed E-state index contributed by atoms with van der Waals surface area (Å²) in [6.45, 7) is 2.25. The molecule has 164 valence electrons. The highest BCUT2D eigenvalue weighted by Crippen LogP contribution is 2.36. The topological polar surface area (TPSA) is 86.3 Å². The van der Waals surface area contributed by atoms with E-state index in [2.05, 4.69) is 43.1 Å². The molecule has 6 nitrogen and oxygen atoms in total. The normalized spacial score (nSPS) is 13.0. The minimum atomic E-state index is -6.72. The van der Waals surface area contributed by atoms with Gasteiger partial charge in [-0.2, -0.15) is 26.3 Å². The van der Waals surface area contributed by atoms with Crippen LogP contribution in [0.4, 0.5) is 26.3 Å². The monoisotopic (exact) mass is 458 g/mol. The summed E-state index contributed by atoms with van der Waals surface area (Å²) in [4.78, 5) is 0. The zero-order chi connectivity index (χ0) is 22.2. The first-order valence-electron chi connectivity index (χ1n) is 7.84. The molecule has 0 aliphatic heterocycles. The number of hydrogen-bond donors (Lipinski definition) is 0. The van der Waals surface area contributed by atoms with E-state index in [1.54, 1.807) is 0 Å². The molecule has 0 aliphatic carbocycles. The number of unbranched alkanes of at least 4 members (excludes halogenated alkanes) is 3. The zero-order valence-corrected chi connectivity index (χ0v) is 16.6. The second-order valence-electron chi connectivity index (χ2n) is 5.60. The fourth-order valence-corrected chi connectivity index (χ4v) is 3.38. The van der Waals surface area contributed by atoms with E-state index in [0.29, 0.717) is 0 Å². The van der Waals surface area contributed by atoms with Crippen molar-refractivity contribution < 1.29 is 47.7 Å². The highest BCUT2D eigenvalue weighted by atomic mass is 32.3. The van der Waals surface area contributed by atoms with E-state index in [0.717, 1.165) is 4.13 Å². The number of sulfonamides is 2. The molecule has 0 saturated heterocycles. The molecule has 0 unspecified atom stereocenters. The Balaban J connectivity index is 0.000000525. The third kappa shape index (κ3) is 9.19. The Morgan fingerprint density at radius 3 is 1.64 bits per heavy atom. The van der Waals surface area contributed by atoms with Crippen molar-refractivity contribution in [3.05, 3.63) is 34.2 Å². The second-order valence-corrected chi connectivity index (χ2v) is 9.02. The van der Waals surface area contributed by atoms with E-state index in [-0.39, 0.29) is 0 Å². The smallest absolute Gasteiger partial charge is 0.421 e. The van der Waals surface area contributed by atoms with Crippen LogP contribution in [0.2, 0.25) is 0 Å². The van der Waals surface area contributed by atoms with Crippen LogP contribution in [0.25, 0.3) is 4.13 Å². The van der Waals surface area contributed by atoms with Gasteiger partial charge in [-0.1, -0.05) is 26.2 Å². The van der Waals surface area contributed by atoms with Crippen molar-refractivity contribution in [3.63, 3.8) is 0 Å². The standard InChI is InChI=1S/C12H20N.C2F6NO4S2/c1-3-4-5-6-7-12-8-10-13(2)11-9-12;3-1(4,5)14(10,11)9-15(12,13)2(6,7)8/h8-11H,3-7H2,1-2H3;/q+1;-1. The summed E-state index contributed by atoms with van der Waals surface area (Å²) in [5.74, 6) is 0. The van der Waals surface area contributed by atoms with Crippen molar-refractivity contribution in [2.45, 2.75) is 50.0 Å². The van der Waals surface area contributed by atoms with Gasteiger partial charge in [-0.05, 0) is 18.4 Å². The third-order valence-corrected chi connectivity index (χ3v) is 5.89. The quantitative estimate of drug-likeness (QED) is 0.354. The average Bonchev–Trinajstić information content (AvgIpc) is 2.51. The van der Waals surface area contributed by atoms with Crippen LogP contribution < -0.4 is 4.57 Å². The molecule has 0 radical (unpaired) electrons. The maximum atomic E-state index is 11.4. The maximum absolute atomic E-state index is 11.4. The van der Waals surface area contributed by atoms with Crippen LogP contribution in [0.15, 0.2) is 24.5 Å². The summed E-state index contributed by atoms with van der Waals surface area (Å²) in [5, 5.41) is 0. The van der Waals surface area contributed by atoms with E-state index < -0.39 is 31.1 Å². The zero-order valence-electron chi connectivity index (χ0n) is 15.0. The highest BCUT2D eigenvalue weighted by molar-refractivity contribution is 8.13. The van der Waals surface area contributed by atoms with Crippen molar-refractivity contribution in [1.29, 1.82) is 0 Å². The van der Waals surface area contributed by atoms with Crippen molar-refractivity contribution in [2.24, 2.45) is 7.05 Å². The van der Waals surface area contributed by atoms with Gasteiger partial charge in [0.1, 0.15) is 7.05 Å². The number of aryl methyl sites for hydroxylation is 2. The molecule has 0 atom stereocenters. The number of nitrogens with zero attached hydrogens (tertiary/aromatic N) is 2.